The summed E-state index contributed by atoms with van der Waals surface area (Å²) in [5, 5.41) is 1.17. The van der Waals surface area contributed by atoms with E-state index in [2.05, 4.69) is 26.8 Å². The van der Waals surface area contributed by atoms with Gasteiger partial charge in [-0.3, -0.25) is 0 Å². The molecule has 0 aromatic carbocycles. The first-order chi connectivity index (χ1) is 7.63. The molecule has 1 heterocycles. The van der Waals surface area contributed by atoms with Crippen molar-refractivity contribution in [1.29, 1.82) is 0 Å². The molecular weight excluding hydrogens is 216 g/mol. The molecule has 0 radical (unpaired) electrons. The smallest absolute Gasteiger partial charge is 0.131 e. The minimum absolute atomic E-state index is 0.0465. The zero-order valence-corrected chi connectivity index (χ0v) is 11.7. The normalized spacial score (nSPS) is 13.8. The summed E-state index contributed by atoms with van der Waals surface area (Å²) in [6.45, 7) is 8.68. The second-order valence-electron chi connectivity index (χ2n) is 4.51. The molecule has 16 heavy (non-hydrogen) atoms. The van der Waals surface area contributed by atoms with E-state index in [9.17, 15) is 4.79 Å². The maximum absolute atomic E-state index is 10.7. The Bertz CT molecular complexity index is 331. The minimum Gasteiger partial charge on any atom is -0.474 e. The van der Waals surface area contributed by atoms with Gasteiger partial charge >= 0.3 is 0 Å². The van der Waals surface area contributed by atoms with Gasteiger partial charge in [-0.05, 0) is 11.6 Å². The van der Waals surface area contributed by atoms with Gasteiger partial charge in [0.25, 0.3) is 0 Å². The van der Waals surface area contributed by atoms with Gasteiger partial charge in [0.15, 0.2) is 0 Å². The summed E-state index contributed by atoms with van der Waals surface area (Å²) < 4.78 is 5.73. The molecule has 3 heteroatoms. The lowest BCUT2D eigenvalue weighted by molar-refractivity contribution is -0.108. The summed E-state index contributed by atoms with van der Waals surface area (Å²) in [6.07, 6.45) is 2.73. The molecule has 1 atom stereocenters. The van der Waals surface area contributed by atoms with Crippen molar-refractivity contribution in [2.24, 2.45) is 0 Å². The fourth-order valence-corrected chi connectivity index (χ4v) is 5.55. The van der Waals surface area contributed by atoms with Crippen LogP contribution in [-0.2, 0) is 4.79 Å². The van der Waals surface area contributed by atoms with Crippen molar-refractivity contribution in [2.45, 2.75) is 51.7 Å². The topological polar surface area (TPSA) is 30.2 Å². The molecule has 1 aromatic heterocycles. The lowest BCUT2D eigenvalue weighted by Crippen LogP contribution is -2.44. The highest BCUT2D eigenvalue weighted by Gasteiger charge is 2.33. The first-order valence-electron chi connectivity index (χ1n) is 6.17. The molecule has 0 aliphatic carbocycles. The molecule has 0 saturated heterocycles. The summed E-state index contributed by atoms with van der Waals surface area (Å²) in [5.74, 6) is -0.0465. The Labute approximate surface area is 99.1 Å². The fraction of sp³-hybridized carbons (Fsp3) is 0.615. The molecule has 1 rings (SSSR count). The van der Waals surface area contributed by atoms with E-state index in [1.807, 2.05) is 6.92 Å². The van der Waals surface area contributed by atoms with E-state index in [-0.39, 0.29) is 5.92 Å². The largest absolute Gasteiger partial charge is 0.474 e. The fourth-order valence-electron chi connectivity index (χ4n) is 2.22. The van der Waals surface area contributed by atoms with Crippen molar-refractivity contribution in [3.8, 4) is 0 Å². The number of carbonyl (C=O) groups excluding carboxylic acids is 1. The quantitative estimate of drug-likeness (QED) is 0.562. The standard InChI is InChI=1S/C13H22O2Si/c1-5-16(6-2,7-3)13-8-12(10-15-13)11(4)9-14/h8-11H,5-7H2,1-4H3. The van der Waals surface area contributed by atoms with Crippen molar-refractivity contribution in [3.63, 3.8) is 0 Å². The zero-order chi connectivity index (χ0) is 12.2. The van der Waals surface area contributed by atoms with Gasteiger partial charge in [0.1, 0.15) is 14.4 Å². The van der Waals surface area contributed by atoms with Gasteiger partial charge in [-0.2, -0.15) is 0 Å². The average molecular weight is 238 g/mol. The van der Waals surface area contributed by atoms with Crippen LogP contribution in [0.2, 0.25) is 18.1 Å². The molecule has 0 saturated carbocycles. The minimum atomic E-state index is -1.41. The highest BCUT2D eigenvalue weighted by molar-refractivity contribution is 6.90. The Morgan fingerprint density at radius 1 is 1.31 bits per heavy atom. The van der Waals surface area contributed by atoms with E-state index in [0.717, 1.165) is 11.8 Å². The Kier molecular flexibility index (Phi) is 4.53. The van der Waals surface area contributed by atoms with Crippen molar-refractivity contribution < 1.29 is 9.21 Å². The number of hydrogen-bond acceptors (Lipinski definition) is 2. The van der Waals surface area contributed by atoms with Crippen molar-refractivity contribution in [3.05, 3.63) is 17.9 Å². The summed E-state index contributed by atoms with van der Waals surface area (Å²) in [5.41, 5.74) is 1.03. The van der Waals surface area contributed by atoms with E-state index in [4.69, 9.17) is 4.42 Å². The lowest BCUT2D eigenvalue weighted by atomic mass is 10.1. The highest BCUT2D eigenvalue weighted by Crippen LogP contribution is 2.22. The number of rotatable bonds is 6. The molecule has 0 fully saturated rings. The Hall–Kier alpha value is -0.833. The van der Waals surface area contributed by atoms with E-state index in [0.29, 0.717) is 0 Å². The van der Waals surface area contributed by atoms with Crippen LogP contribution in [0.1, 0.15) is 39.2 Å². The van der Waals surface area contributed by atoms with Crippen molar-refractivity contribution >= 4 is 19.7 Å². The second-order valence-corrected chi connectivity index (χ2v) is 9.68. The maximum atomic E-state index is 10.7. The predicted octanol–water partition coefficient (Wildman–Crippen LogP) is 3.30. The zero-order valence-electron chi connectivity index (χ0n) is 10.7. The van der Waals surface area contributed by atoms with Gasteiger partial charge in [-0.25, -0.2) is 0 Å². The van der Waals surface area contributed by atoms with Gasteiger partial charge in [0, 0.05) is 5.92 Å². The number of hydrogen-bond donors (Lipinski definition) is 0. The third kappa shape index (κ3) is 2.29. The highest BCUT2D eigenvalue weighted by atomic mass is 28.3. The van der Waals surface area contributed by atoms with E-state index in [1.54, 1.807) is 6.26 Å². The summed E-state index contributed by atoms with van der Waals surface area (Å²) in [7, 11) is -1.41. The van der Waals surface area contributed by atoms with Gasteiger partial charge in [-0.15, -0.1) is 0 Å². The van der Waals surface area contributed by atoms with Crippen LogP contribution in [0.4, 0.5) is 0 Å². The molecular formula is C13H22O2Si. The van der Waals surface area contributed by atoms with E-state index in [1.165, 1.54) is 23.5 Å². The second kappa shape index (κ2) is 5.48. The van der Waals surface area contributed by atoms with Gasteiger partial charge in [0.05, 0.1) is 11.6 Å². The molecule has 0 aliphatic rings. The average Bonchev–Trinajstić information content (AvgIpc) is 2.81. The van der Waals surface area contributed by atoms with Crippen molar-refractivity contribution in [1.82, 2.24) is 0 Å². The summed E-state index contributed by atoms with van der Waals surface area (Å²) >= 11 is 0. The maximum Gasteiger partial charge on any atom is 0.131 e. The molecule has 0 bridgehead atoms. The molecule has 2 nitrogen and oxygen atoms in total. The van der Waals surface area contributed by atoms with Crippen LogP contribution < -0.4 is 5.38 Å². The molecule has 1 unspecified atom stereocenters. The molecule has 1 aromatic rings. The van der Waals surface area contributed by atoms with Crippen LogP contribution in [0.5, 0.6) is 0 Å². The molecule has 0 spiro atoms. The lowest BCUT2D eigenvalue weighted by Gasteiger charge is -2.24. The van der Waals surface area contributed by atoms with Crippen LogP contribution in [-0.4, -0.2) is 14.4 Å². The number of furan rings is 1. The predicted molar refractivity (Wildman–Crippen MR) is 70.0 cm³/mol. The molecule has 0 aliphatic heterocycles. The van der Waals surface area contributed by atoms with Crippen LogP contribution >= 0.6 is 0 Å². The van der Waals surface area contributed by atoms with Crippen LogP contribution in [0.15, 0.2) is 16.7 Å². The third-order valence-electron chi connectivity index (χ3n) is 3.90. The SMILES string of the molecule is CC[Si](CC)(CC)c1cc(C(C)C=O)co1. The first kappa shape index (κ1) is 13.2. The Morgan fingerprint density at radius 3 is 2.31 bits per heavy atom. The Morgan fingerprint density at radius 2 is 1.88 bits per heavy atom. The summed E-state index contributed by atoms with van der Waals surface area (Å²) in [6, 6.07) is 5.75. The van der Waals surface area contributed by atoms with Crippen molar-refractivity contribution in [2.75, 3.05) is 0 Å². The molecule has 90 valence electrons. The van der Waals surface area contributed by atoms with E-state index >= 15 is 0 Å². The van der Waals surface area contributed by atoms with Crippen LogP contribution in [0.3, 0.4) is 0 Å². The van der Waals surface area contributed by atoms with Gasteiger partial charge in [0.2, 0.25) is 0 Å². The van der Waals surface area contributed by atoms with E-state index < -0.39 is 8.07 Å². The Balaban J connectivity index is 3.03. The number of aldehydes is 1. The van der Waals surface area contributed by atoms with Crippen LogP contribution in [0, 0.1) is 0 Å². The third-order valence-corrected chi connectivity index (χ3v) is 9.27. The first-order valence-corrected chi connectivity index (χ1v) is 8.79. The molecule has 0 amide bonds. The molecule has 0 N–H and O–H groups in total. The van der Waals surface area contributed by atoms with Gasteiger partial charge < -0.3 is 9.21 Å². The summed E-state index contributed by atoms with van der Waals surface area (Å²) in [4.78, 5) is 10.7. The number of carbonyl (C=O) groups is 1. The van der Waals surface area contributed by atoms with Crippen LogP contribution in [0.25, 0.3) is 0 Å². The monoisotopic (exact) mass is 238 g/mol. The van der Waals surface area contributed by atoms with Gasteiger partial charge in [-0.1, -0.05) is 45.8 Å².